The lowest BCUT2D eigenvalue weighted by molar-refractivity contribution is 0.218. The molecule has 2 aromatic rings. The highest BCUT2D eigenvalue weighted by Crippen LogP contribution is 2.18. The van der Waals surface area contributed by atoms with Crippen LogP contribution in [0.4, 0.5) is 0 Å². The first-order valence-electron chi connectivity index (χ1n) is 6.62. The van der Waals surface area contributed by atoms with Crippen molar-refractivity contribution in [3.63, 3.8) is 0 Å². The van der Waals surface area contributed by atoms with Crippen molar-refractivity contribution in [2.24, 2.45) is 0 Å². The predicted molar refractivity (Wildman–Crippen MR) is 83.0 cm³/mol. The zero-order valence-electron chi connectivity index (χ0n) is 12.5. The van der Waals surface area contributed by atoms with Gasteiger partial charge in [0.25, 0.3) is 0 Å². The highest BCUT2D eigenvalue weighted by atomic mass is 32.2. The lowest BCUT2D eigenvalue weighted by atomic mass is 10.1. The summed E-state index contributed by atoms with van der Waals surface area (Å²) < 4.78 is 12.2. The Labute approximate surface area is 128 Å². The molecule has 0 unspecified atom stereocenters. The van der Waals surface area contributed by atoms with Crippen molar-refractivity contribution in [1.29, 1.82) is 0 Å². The molecule has 114 valence electrons. The van der Waals surface area contributed by atoms with Crippen LogP contribution in [0.15, 0.2) is 23.4 Å². The number of aryl methyl sites for hydroxylation is 2. The van der Waals surface area contributed by atoms with Gasteiger partial charge in [0.2, 0.25) is 5.16 Å². The second-order valence-electron chi connectivity index (χ2n) is 4.72. The maximum atomic E-state index is 5.96. The number of nitrogen functional groups attached to an aromatic ring is 1. The summed E-state index contributed by atoms with van der Waals surface area (Å²) in [5.74, 6) is 8.14. The van der Waals surface area contributed by atoms with Gasteiger partial charge in [-0.2, -0.15) is 0 Å². The Kier molecular flexibility index (Phi) is 5.46. The Morgan fingerprint density at radius 3 is 2.57 bits per heavy atom. The van der Waals surface area contributed by atoms with Crippen molar-refractivity contribution >= 4 is 11.8 Å². The van der Waals surface area contributed by atoms with Gasteiger partial charge in [-0.1, -0.05) is 17.8 Å². The lowest BCUT2D eigenvalue weighted by Gasteiger charge is -2.08. The van der Waals surface area contributed by atoms with Gasteiger partial charge in [-0.25, -0.2) is 4.68 Å². The fraction of sp³-hybridized carbons (Fsp3) is 0.429. The van der Waals surface area contributed by atoms with Crippen LogP contribution in [0.1, 0.15) is 17.0 Å². The summed E-state index contributed by atoms with van der Waals surface area (Å²) >= 11 is 1.50. The third-order valence-corrected chi connectivity index (χ3v) is 3.72. The van der Waals surface area contributed by atoms with E-state index < -0.39 is 0 Å². The fourth-order valence-electron chi connectivity index (χ4n) is 1.88. The molecule has 21 heavy (non-hydrogen) atoms. The molecule has 0 aliphatic rings. The predicted octanol–water partition coefficient (Wildman–Crippen LogP) is 1.93. The quantitative estimate of drug-likeness (QED) is 0.478. The van der Waals surface area contributed by atoms with Gasteiger partial charge in [0.05, 0.1) is 6.61 Å². The summed E-state index contributed by atoms with van der Waals surface area (Å²) in [5, 5.41) is 8.76. The van der Waals surface area contributed by atoms with Crippen molar-refractivity contribution in [3.8, 4) is 5.75 Å². The molecule has 0 amide bonds. The van der Waals surface area contributed by atoms with Crippen LogP contribution in [0.3, 0.4) is 0 Å². The molecule has 6 nitrogen and oxygen atoms in total. The molecule has 1 aromatic heterocycles. The molecule has 0 spiro atoms. The van der Waals surface area contributed by atoms with E-state index in [1.165, 1.54) is 16.4 Å². The van der Waals surface area contributed by atoms with Gasteiger partial charge in [0, 0.05) is 12.9 Å². The molecule has 0 saturated heterocycles. The standard InChI is InChI=1S/C14H20N4O2S/c1-10-6-11(2)8-12(7-10)20-9-13-16-17-14(18(13)15)21-5-4-19-3/h6-8H,4-5,9,15H2,1-3H3. The second-order valence-corrected chi connectivity index (χ2v) is 5.78. The highest BCUT2D eigenvalue weighted by molar-refractivity contribution is 7.99. The van der Waals surface area contributed by atoms with E-state index in [9.17, 15) is 0 Å². The molecule has 2 N–H and O–H groups in total. The number of hydrogen-bond donors (Lipinski definition) is 1. The minimum atomic E-state index is 0.289. The summed E-state index contributed by atoms with van der Waals surface area (Å²) in [5.41, 5.74) is 2.32. The van der Waals surface area contributed by atoms with Gasteiger partial charge < -0.3 is 15.3 Å². The number of aromatic nitrogens is 3. The Morgan fingerprint density at radius 1 is 1.19 bits per heavy atom. The van der Waals surface area contributed by atoms with E-state index in [1.54, 1.807) is 7.11 Å². The Morgan fingerprint density at radius 2 is 1.90 bits per heavy atom. The second kappa shape index (κ2) is 7.33. The minimum Gasteiger partial charge on any atom is -0.486 e. The third kappa shape index (κ3) is 4.37. The van der Waals surface area contributed by atoms with Gasteiger partial charge >= 0.3 is 0 Å². The number of hydrogen-bond acceptors (Lipinski definition) is 6. The van der Waals surface area contributed by atoms with Crippen LogP contribution in [0.2, 0.25) is 0 Å². The molecule has 0 fully saturated rings. The average Bonchev–Trinajstić information content (AvgIpc) is 2.77. The first kappa shape index (κ1) is 15.7. The summed E-state index contributed by atoms with van der Waals surface area (Å²) in [6.45, 7) is 5.01. The van der Waals surface area contributed by atoms with Crippen LogP contribution in [0.5, 0.6) is 5.75 Å². The summed E-state index contributed by atoms with van der Waals surface area (Å²) in [4.78, 5) is 0. The molecule has 1 heterocycles. The van der Waals surface area contributed by atoms with Crippen molar-refractivity contribution in [1.82, 2.24) is 14.9 Å². The van der Waals surface area contributed by atoms with Crippen molar-refractivity contribution in [3.05, 3.63) is 35.2 Å². The van der Waals surface area contributed by atoms with Crippen LogP contribution in [-0.2, 0) is 11.3 Å². The number of ether oxygens (including phenoxy) is 2. The van der Waals surface area contributed by atoms with E-state index in [1.807, 2.05) is 26.0 Å². The zero-order valence-corrected chi connectivity index (χ0v) is 13.3. The molecular formula is C14H20N4O2S. The minimum absolute atomic E-state index is 0.289. The zero-order chi connectivity index (χ0) is 15.2. The fourth-order valence-corrected chi connectivity index (χ4v) is 2.66. The van der Waals surface area contributed by atoms with E-state index >= 15 is 0 Å². The molecule has 0 atom stereocenters. The van der Waals surface area contributed by atoms with Crippen LogP contribution >= 0.6 is 11.8 Å². The maximum Gasteiger partial charge on any atom is 0.209 e. The van der Waals surface area contributed by atoms with Crippen LogP contribution in [0, 0.1) is 13.8 Å². The van der Waals surface area contributed by atoms with Gasteiger partial charge in [0.15, 0.2) is 5.82 Å². The topological polar surface area (TPSA) is 75.2 Å². The van der Waals surface area contributed by atoms with Crippen molar-refractivity contribution in [2.75, 3.05) is 25.3 Å². The first-order valence-corrected chi connectivity index (χ1v) is 7.61. The largest absolute Gasteiger partial charge is 0.486 e. The van der Waals surface area contributed by atoms with E-state index in [4.69, 9.17) is 15.3 Å². The third-order valence-electron chi connectivity index (χ3n) is 2.82. The molecule has 2 rings (SSSR count). The Hall–Kier alpha value is -1.73. The normalized spacial score (nSPS) is 10.8. The van der Waals surface area contributed by atoms with Crippen molar-refractivity contribution < 1.29 is 9.47 Å². The van der Waals surface area contributed by atoms with Gasteiger partial charge in [0.1, 0.15) is 12.4 Å². The molecule has 0 saturated carbocycles. The van der Waals surface area contributed by atoms with E-state index in [0.717, 1.165) is 22.6 Å². The summed E-state index contributed by atoms with van der Waals surface area (Å²) in [6.07, 6.45) is 0. The number of nitrogens with two attached hydrogens (primary N) is 1. The smallest absolute Gasteiger partial charge is 0.209 e. The number of thioether (sulfide) groups is 1. The van der Waals surface area contributed by atoms with E-state index in [2.05, 4.69) is 16.3 Å². The lowest BCUT2D eigenvalue weighted by Crippen LogP contribution is -2.16. The number of rotatable bonds is 7. The molecule has 0 aliphatic carbocycles. The first-order chi connectivity index (χ1) is 10.1. The highest BCUT2D eigenvalue weighted by Gasteiger charge is 2.10. The van der Waals surface area contributed by atoms with E-state index in [0.29, 0.717) is 17.6 Å². The van der Waals surface area contributed by atoms with Gasteiger partial charge in [-0.3, -0.25) is 0 Å². The molecule has 0 radical (unpaired) electrons. The van der Waals surface area contributed by atoms with Crippen LogP contribution in [0.25, 0.3) is 0 Å². The Balaban J connectivity index is 1.97. The number of methoxy groups -OCH3 is 1. The van der Waals surface area contributed by atoms with Crippen molar-refractivity contribution in [2.45, 2.75) is 25.6 Å². The van der Waals surface area contributed by atoms with E-state index in [-0.39, 0.29) is 6.61 Å². The summed E-state index contributed by atoms with van der Waals surface area (Å²) in [7, 11) is 1.66. The Bertz CT molecular complexity index is 580. The maximum absolute atomic E-state index is 5.96. The SMILES string of the molecule is COCCSc1nnc(COc2cc(C)cc(C)c2)n1N. The molecular weight excluding hydrogens is 288 g/mol. The average molecular weight is 308 g/mol. The summed E-state index contributed by atoms with van der Waals surface area (Å²) in [6, 6.07) is 6.07. The van der Waals surface area contributed by atoms with Crippen LogP contribution < -0.4 is 10.6 Å². The van der Waals surface area contributed by atoms with Crippen LogP contribution in [-0.4, -0.2) is 34.3 Å². The molecule has 0 aliphatic heterocycles. The molecule has 1 aromatic carbocycles. The number of benzene rings is 1. The molecule has 7 heteroatoms. The molecule has 0 bridgehead atoms. The monoisotopic (exact) mass is 308 g/mol. The number of nitrogens with zero attached hydrogens (tertiary/aromatic N) is 3. The van der Waals surface area contributed by atoms with Gasteiger partial charge in [-0.15, -0.1) is 10.2 Å². The van der Waals surface area contributed by atoms with Gasteiger partial charge in [-0.05, 0) is 37.1 Å².